The molecular formula is C13H15ClF3N3O2S. The molecule has 1 aliphatic rings. The molecule has 0 aliphatic carbocycles. The Labute approximate surface area is 138 Å². The van der Waals surface area contributed by atoms with Gasteiger partial charge in [0.15, 0.2) is 0 Å². The number of halogens is 4. The Kier molecular flexibility index (Phi) is 6.04. The molecule has 0 bridgehead atoms. The zero-order chi connectivity index (χ0) is 16.5. The molecule has 0 radical (unpaired) electrons. The van der Waals surface area contributed by atoms with E-state index < -0.39 is 28.3 Å². The second-order valence-electron chi connectivity index (χ2n) is 5.11. The normalized spacial score (nSPS) is 22.9. The van der Waals surface area contributed by atoms with E-state index in [0.29, 0.717) is 4.31 Å². The third-order valence-corrected chi connectivity index (χ3v) is 5.43. The Balaban J connectivity index is 0.00000264. The summed E-state index contributed by atoms with van der Waals surface area (Å²) in [5, 5.41) is 8.69. The van der Waals surface area contributed by atoms with Crippen LogP contribution in [0.2, 0.25) is 0 Å². The van der Waals surface area contributed by atoms with Crippen molar-refractivity contribution in [2.24, 2.45) is 5.73 Å². The highest BCUT2D eigenvalue weighted by molar-refractivity contribution is 7.89. The van der Waals surface area contributed by atoms with E-state index in [1.165, 1.54) is 12.1 Å². The minimum Gasteiger partial charge on any atom is -0.327 e. The largest absolute Gasteiger partial charge is 0.405 e. The van der Waals surface area contributed by atoms with E-state index in [1.54, 1.807) is 0 Å². The summed E-state index contributed by atoms with van der Waals surface area (Å²) in [5.74, 6) is 0. The van der Waals surface area contributed by atoms with Gasteiger partial charge in [-0.25, -0.2) is 8.42 Å². The van der Waals surface area contributed by atoms with Gasteiger partial charge in [-0.05, 0) is 37.1 Å². The summed E-state index contributed by atoms with van der Waals surface area (Å²) >= 11 is 0. The quantitative estimate of drug-likeness (QED) is 0.864. The van der Waals surface area contributed by atoms with Crippen molar-refractivity contribution in [2.75, 3.05) is 6.54 Å². The number of nitrogens with two attached hydrogens (primary N) is 1. The molecule has 1 saturated heterocycles. The maximum absolute atomic E-state index is 13.1. The number of nitrogens with zero attached hydrogens (tertiary/aromatic N) is 2. The number of nitriles is 1. The van der Waals surface area contributed by atoms with Crippen LogP contribution in [0.5, 0.6) is 0 Å². The molecule has 2 atom stereocenters. The van der Waals surface area contributed by atoms with E-state index in [2.05, 4.69) is 0 Å². The predicted octanol–water partition coefficient (Wildman–Crippen LogP) is 2.02. The van der Waals surface area contributed by atoms with Crippen molar-refractivity contribution in [2.45, 2.75) is 36.0 Å². The van der Waals surface area contributed by atoms with Crippen molar-refractivity contribution in [1.29, 1.82) is 5.26 Å². The summed E-state index contributed by atoms with van der Waals surface area (Å²) in [6.45, 7) is -0.382. The Hall–Kier alpha value is -1.34. The van der Waals surface area contributed by atoms with Crippen molar-refractivity contribution >= 4 is 22.4 Å². The molecule has 0 amide bonds. The number of hydrogen-bond acceptors (Lipinski definition) is 4. The minimum atomic E-state index is -4.65. The van der Waals surface area contributed by atoms with Gasteiger partial charge in [0.1, 0.15) is 6.04 Å². The molecule has 23 heavy (non-hydrogen) atoms. The van der Waals surface area contributed by atoms with Gasteiger partial charge in [-0.1, -0.05) is 0 Å². The molecule has 2 rings (SSSR count). The van der Waals surface area contributed by atoms with Crippen LogP contribution in [0, 0.1) is 11.3 Å². The zero-order valence-electron chi connectivity index (χ0n) is 11.8. The second kappa shape index (κ2) is 7.05. The van der Waals surface area contributed by atoms with Gasteiger partial charge >= 0.3 is 6.18 Å². The van der Waals surface area contributed by atoms with E-state index in [9.17, 15) is 21.6 Å². The van der Waals surface area contributed by atoms with Gasteiger partial charge in [0.05, 0.1) is 16.5 Å². The highest BCUT2D eigenvalue weighted by Gasteiger charge is 2.50. The van der Waals surface area contributed by atoms with Crippen LogP contribution in [0.25, 0.3) is 0 Å². The third kappa shape index (κ3) is 4.14. The first kappa shape index (κ1) is 19.7. The van der Waals surface area contributed by atoms with Gasteiger partial charge in [0, 0.05) is 12.6 Å². The number of alkyl halides is 3. The van der Waals surface area contributed by atoms with Crippen molar-refractivity contribution < 1.29 is 21.6 Å². The predicted molar refractivity (Wildman–Crippen MR) is 79.3 cm³/mol. The summed E-state index contributed by atoms with van der Waals surface area (Å²) in [4.78, 5) is -0.283. The van der Waals surface area contributed by atoms with Crippen LogP contribution in [-0.4, -0.2) is 37.5 Å². The average Bonchev–Trinajstić information content (AvgIpc) is 2.46. The molecule has 2 N–H and O–H groups in total. The Morgan fingerprint density at radius 2 is 1.78 bits per heavy atom. The van der Waals surface area contributed by atoms with Gasteiger partial charge in [-0.15, -0.1) is 12.4 Å². The zero-order valence-corrected chi connectivity index (χ0v) is 13.5. The molecule has 1 aromatic rings. The fourth-order valence-electron chi connectivity index (χ4n) is 2.40. The number of piperidine rings is 1. The SMILES string of the molecule is Cl.N#Cc1ccc(S(=O)(=O)N2CC(N)CCC2C(F)(F)F)cc1. The van der Waals surface area contributed by atoms with E-state index in [1.807, 2.05) is 6.07 Å². The monoisotopic (exact) mass is 369 g/mol. The molecule has 128 valence electrons. The van der Waals surface area contributed by atoms with Crippen molar-refractivity contribution in [1.82, 2.24) is 4.31 Å². The summed E-state index contributed by atoms with van der Waals surface area (Å²) < 4.78 is 64.7. The lowest BCUT2D eigenvalue weighted by molar-refractivity contribution is -0.178. The van der Waals surface area contributed by atoms with Crippen LogP contribution >= 0.6 is 12.4 Å². The number of rotatable bonds is 2. The summed E-state index contributed by atoms with van der Waals surface area (Å²) in [5.41, 5.74) is 5.86. The minimum absolute atomic E-state index is 0. The first-order chi connectivity index (χ1) is 10.2. The van der Waals surface area contributed by atoms with Crippen molar-refractivity contribution in [3.63, 3.8) is 0 Å². The second-order valence-corrected chi connectivity index (χ2v) is 7.00. The van der Waals surface area contributed by atoms with Crippen LogP contribution in [0.3, 0.4) is 0 Å². The highest BCUT2D eigenvalue weighted by atomic mass is 35.5. The third-order valence-electron chi connectivity index (χ3n) is 3.54. The van der Waals surface area contributed by atoms with E-state index in [4.69, 9.17) is 11.0 Å². The fourth-order valence-corrected chi connectivity index (χ4v) is 4.09. The van der Waals surface area contributed by atoms with E-state index in [-0.39, 0.29) is 42.3 Å². The molecule has 10 heteroatoms. The van der Waals surface area contributed by atoms with Crippen molar-refractivity contribution in [3.05, 3.63) is 29.8 Å². The Morgan fingerprint density at radius 1 is 1.22 bits per heavy atom. The van der Waals surface area contributed by atoms with Crippen LogP contribution < -0.4 is 5.73 Å². The van der Waals surface area contributed by atoms with Crippen LogP contribution in [0.15, 0.2) is 29.2 Å². The first-order valence-electron chi connectivity index (χ1n) is 6.50. The molecule has 1 fully saturated rings. The maximum atomic E-state index is 13.1. The van der Waals surface area contributed by atoms with Gasteiger partial charge in [0.25, 0.3) is 0 Å². The lowest BCUT2D eigenvalue weighted by atomic mass is 10.0. The lowest BCUT2D eigenvalue weighted by Gasteiger charge is -2.38. The molecule has 0 aromatic heterocycles. The number of sulfonamides is 1. The fraction of sp³-hybridized carbons (Fsp3) is 0.462. The Morgan fingerprint density at radius 3 is 2.26 bits per heavy atom. The molecule has 0 spiro atoms. The summed E-state index contributed by atoms with van der Waals surface area (Å²) in [7, 11) is -4.33. The van der Waals surface area contributed by atoms with Gasteiger partial charge in [-0.3, -0.25) is 0 Å². The van der Waals surface area contributed by atoms with E-state index in [0.717, 1.165) is 12.1 Å². The van der Waals surface area contributed by atoms with Gasteiger partial charge < -0.3 is 5.73 Å². The molecule has 1 aliphatic heterocycles. The topological polar surface area (TPSA) is 87.2 Å². The van der Waals surface area contributed by atoms with Crippen molar-refractivity contribution in [3.8, 4) is 6.07 Å². The van der Waals surface area contributed by atoms with Crippen LogP contribution in [0.4, 0.5) is 13.2 Å². The molecule has 2 unspecified atom stereocenters. The summed E-state index contributed by atoms with van der Waals surface area (Å²) in [6.07, 6.45) is -4.90. The molecular weight excluding hydrogens is 355 g/mol. The van der Waals surface area contributed by atoms with Crippen LogP contribution in [-0.2, 0) is 10.0 Å². The van der Waals surface area contributed by atoms with Gasteiger partial charge in [0.2, 0.25) is 10.0 Å². The highest BCUT2D eigenvalue weighted by Crippen LogP contribution is 2.35. The first-order valence-corrected chi connectivity index (χ1v) is 7.94. The van der Waals surface area contributed by atoms with Gasteiger partial charge in [-0.2, -0.15) is 22.7 Å². The number of benzene rings is 1. The average molecular weight is 370 g/mol. The standard InChI is InChI=1S/C13H14F3N3O2S.ClH/c14-13(15,16)12-6-3-10(18)8-19(12)22(20,21)11-4-1-9(7-17)2-5-11;/h1-2,4-5,10,12H,3,6,8,18H2;1H. The maximum Gasteiger partial charge on any atom is 0.405 e. The lowest BCUT2D eigenvalue weighted by Crippen LogP contribution is -2.56. The van der Waals surface area contributed by atoms with Crippen LogP contribution in [0.1, 0.15) is 18.4 Å². The summed E-state index contributed by atoms with van der Waals surface area (Å²) in [6, 6.07) is 3.86. The molecule has 1 heterocycles. The molecule has 5 nitrogen and oxygen atoms in total. The molecule has 0 saturated carbocycles. The van der Waals surface area contributed by atoms with E-state index >= 15 is 0 Å². The Bertz CT molecular complexity index is 686. The molecule has 1 aromatic carbocycles. The smallest absolute Gasteiger partial charge is 0.327 e. The number of hydrogen-bond donors (Lipinski definition) is 1.